The largest absolute Gasteiger partial charge is 0.406 e. The van der Waals surface area contributed by atoms with E-state index in [1.54, 1.807) is 48.8 Å². The highest BCUT2D eigenvalue weighted by atomic mass is 16.5. The molecule has 0 aliphatic rings. The van der Waals surface area contributed by atoms with E-state index in [4.69, 9.17) is 9.47 Å². The predicted molar refractivity (Wildman–Crippen MR) is 77.9 cm³/mol. The van der Waals surface area contributed by atoms with Gasteiger partial charge < -0.3 is 19.4 Å². The molecule has 0 spiro atoms. The van der Waals surface area contributed by atoms with E-state index in [0.717, 1.165) is 0 Å². The Hall–Kier alpha value is -3.28. The number of ether oxygens (including phenoxy) is 2. The highest BCUT2D eigenvalue weighted by Gasteiger charge is 2.20. The Labute approximate surface area is 125 Å². The monoisotopic (exact) mass is 296 g/mol. The molecule has 6 heteroatoms. The molecule has 0 amide bonds. The fraction of sp³-hybridized carbons (Fsp3) is 0. The number of rotatable bonds is 4. The van der Waals surface area contributed by atoms with Crippen LogP contribution in [-0.4, -0.2) is 21.9 Å². The average Bonchev–Trinajstić information content (AvgIpc) is 3.21. The molecule has 2 heterocycles. The van der Waals surface area contributed by atoms with Gasteiger partial charge in [0.2, 0.25) is 11.8 Å². The molecule has 6 nitrogen and oxygen atoms in total. The molecule has 0 unspecified atom stereocenters. The van der Waals surface area contributed by atoms with Crippen LogP contribution in [-0.2, 0) is 0 Å². The summed E-state index contributed by atoms with van der Waals surface area (Å²) in [6.07, 6.45) is 3.27. The third kappa shape index (κ3) is 2.90. The number of carbonyl (C=O) groups is 2. The summed E-state index contributed by atoms with van der Waals surface area (Å²) in [6, 6.07) is 12.9. The molecule has 0 saturated carbocycles. The number of H-pyrrole nitrogens is 2. The zero-order chi connectivity index (χ0) is 15.4. The van der Waals surface area contributed by atoms with Gasteiger partial charge in [-0.25, -0.2) is 9.59 Å². The van der Waals surface area contributed by atoms with E-state index < -0.39 is 11.9 Å². The van der Waals surface area contributed by atoms with Crippen molar-refractivity contribution in [2.75, 3.05) is 0 Å². The van der Waals surface area contributed by atoms with Crippen molar-refractivity contribution in [3.8, 4) is 11.8 Å². The number of hydrogen-bond donors (Lipinski definition) is 2. The molecule has 110 valence electrons. The number of hydrogen-bond acceptors (Lipinski definition) is 4. The summed E-state index contributed by atoms with van der Waals surface area (Å²) in [5, 5.41) is 0. The summed E-state index contributed by atoms with van der Waals surface area (Å²) in [4.78, 5) is 29.9. The number of esters is 2. The van der Waals surface area contributed by atoms with Gasteiger partial charge in [-0.3, -0.25) is 0 Å². The third-order valence-electron chi connectivity index (χ3n) is 2.91. The van der Waals surface area contributed by atoms with Crippen molar-refractivity contribution >= 4 is 11.9 Å². The first-order valence-corrected chi connectivity index (χ1v) is 6.54. The number of benzene rings is 1. The van der Waals surface area contributed by atoms with Gasteiger partial charge in [0.05, 0.1) is 11.1 Å². The Kier molecular flexibility index (Phi) is 3.74. The van der Waals surface area contributed by atoms with Gasteiger partial charge in [-0.15, -0.1) is 0 Å². The zero-order valence-electron chi connectivity index (χ0n) is 11.4. The van der Waals surface area contributed by atoms with Crippen LogP contribution in [0.15, 0.2) is 60.9 Å². The van der Waals surface area contributed by atoms with E-state index >= 15 is 0 Å². The van der Waals surface area contributed by atoms with E-state index in [9.17, 15) is 9.59 Å². The average molecular weight is 296 g/mol. The van der Waals surface area contributed by atoms with Crippen LogP contribution in [0.5, 0.6) is 11.8 Å². The first-order valence-electron chi connectivity index (χ1n) is 6.54. The minimum absolute atomic E-state index is 0.133. The second kappa shape index (κ2) is 6.01. The van der Waals surface area contributed by atoms with E-state index in [-0.39, 0.29) is 11.1 Å². The van der Waals surface area contributed by atoms with Crippen LogP contribution >= 0.6 is 0 Å². The molecule has 22 heavy (non-hydrogen) atoms. The maximum absolute atomic E-state index is 12.2. The number of carbonyl (C=O) groups excluding carboxylic acids is 2. The molecular formula is C16H12N2O4. The van der Waals surface area contributed by atoms with Crippen molar-refractivity contribution < 1.29 is 19.1 Å². The quantitative estimate of drug-likeness (QED) is 0.725. The normalized spacial score (nSPS) is 10.2. The summed E-state index contributed by atoms with van der Waals surface area (Å²) >= 11 is 0. The van der Waals surface area contributed by atoms with Gasteiger partial charge in [0, 0.05) is 24.5 Å². The molecular weight excluding hydrogens is 284 g/mol. The zero-order valence-corrected chi connectivity index (χ0v) is 11.4. The van der Waals surface area contributed by atoms with Crippen molar-refractivity contribution in [1.29, 1.82) is 0 Å². The summed E-state index contributed by atoms with van der Waals surface area (Å²) in [7, 11) is 0. The van der Waals surface area contributed by atoms with E-state index in [0.29, 0.717) is 11.8 Å². The Balaban J connectivity index is 1.83. The Bertz CT molecular complexity index is 709. The van der Waals surface area contributed by atoms with Crippen LogP contribution in [0.1, 0.15) is 20.7 Å². The smallest absolute Gasteiger partial charge is 0.345 e. The lowest BCUT2D eigenvalue weighted by Gasteiger charge is -2.07. The van der Waals surface area contributed by atoms with Crippen LogP contribution in [0.2, 0.25) is 0 Å². The summed E-state index contributed by atoms with van der Waals surface area (Å²) in [5.41, 5.74) is 0.266. The van der Waals surface area contributed by atoms with Crippen LogP contribution in [0, 0.1) is 0 Å². The fourth-order valence-electron chi connectivity index (χ4n) is 1.90. The minimum Gasteiger partial charge on any atom is -0.406 e. The predicted octanol–water partition coefficient (Wildman–Crippen LogP) is 2.78. The van der Waals surface area contributed by atoms with Crippen molar-refractivity contribution in [3.05, 3.63) is 72.1 Å². The highest BCUT2D eigenvalue weighted by molar-refractivity contribution is 6.04. The van der Waals surface area contributed by atoms with Gasteiger partial charge in [-0.05, 0) is 24.3 Å². The molecule has 3 aromatic rings. The highest BCUT2D eigenvalue weighted by Crippen LogP contribution is 2.16. The Morgan fingerprint density at radius 3 is 1.50 bits per heavy atom. The lowest BCUT2D eigenvalue weighted by Crippen LogP contribution is -2.17. The third-order valence-corrected chi connectivity index (χ3v) is 2.91. The maximum atomic E-state index is 12.2. The fourth-order valence-corrected chi connectivity index (χ4v) is 1.90. The van der Waals surface area contributed by atoms with E-state index in [1.165, 1.54) is 12.1 Å². The van der Waals surface area contributed by atoms with Crippen molar-refractivity contribution in [1.82, 2.24) is 9.97 Å². The SMILES string of the molecule is O=C(Oc1ccc[nH]1)c1ccccc1C(=O)Oc1ccc[nH]1. The standard InChI is InChI=1S/C16H12N2O4/c19-15(21-13-7-3-9-17-13)11-5-1-2-6-12(11)16(20)22-14-8-4-10-18-14/h1-10,17-18H. The van der Waals surface area contributed by atoms with Crippen LogP contribution in [0.25, 0.3) is 0 Å². The van der Waals surface area contributed by atoms with Gasteiger partial charge in [-0.2, -0.15) is 0 Å². The molecule has 2 N–H and O–H groups in total. The molecule has 1 aromatic carbocycles. The second-order valence-corrected chi connectivity index (χ2v) is 4.39. The van der Waals surface area contributed by atoms with E-state index in [1.807, 2.05) is 0 Å². The molecule has 0 atom stereocenters. The molecule has 0 aliphatic heterocycles. The van der Waals surface area contributed by atoms with Gasteiger partial charge in [-0.1, -0.05) is 12.1 Å². The molecule has 0 radical (unpaired) electrons. The van der Waals surface area contributed by atoms with Crippen LogP contribution in [0.3, 0.4) is 0 Å². The molecule has 0 bridgehead atoms. The first-order chi connectivity index (χ1) is 10.7. The van der Waals surface area contributed by atoms with Crippen LogP contribution < -0.4 is 9.47 Å². The first kappa shape index (κ1) is 13.7. The number of nitrogens with one attached hydrogen (secondary N) is 2. The molecule has 3 rings (SSSR count). The molecule has 0 aliphatic carbocycles. The maximum Gasteiger partial charge on any atom is 0.345 e. The van der Waals surface area contributed by atoms with Gasteiger partial charge in [0.15, 0.2) is 0 Å². The van der Waals surface area contributed by atoms with Gasteiger partial charge >= 0.3 is 11.9 Å². The second-order valence-electron chi connectivity index (χ2n) is 4.39. The van der Waals surface area contributed by atoms with Crippen molar-refractivity contribution in [3.63, 3.8) is 0 Å². The summed E-state index contributed by atoms with van der Waals surface area (Å²) in [6.45, 7) is 0. The number of aromatic amines is 2. The van der Waals surface area contributed by atoms with Gasteiger partial charge in [0.1, 0.15) is 0 Å². The van der Waals surface area contributed by atoms with Crippen molar-refractivity contribution in [2.45, 2.75) is 0 Å². The molecule has 2 aromatic heterocycles. The topological polar surface area (TPSA) is 84.2 Å². The van der Waals surface area contributed by atoms with Crippen LogP contribution in [0.4, 0.5) is 0 Å². The molecule has 0 saturated heterocycles. The summed E-state index contributed by atoms with van der Waals surface area (Å²) in [5.74, 6) is -0.668. The summed E-state index contributed by atoms with van der Waals surface area (Å²) < 4.78 is 10.3. The van der Waals surface area contributed by atoms with E-state index in [2.05, 4.69) is 9.97 Å². The lowest BCUT2D eigenvalue weighted by molar-refractivity contribution is 0.0685. The lowest BCUT2D eigenvalue weighted by atomic mass is 10.1. The van der Waals surface area contributed by atoms with Crippen molar-refractivity contribution in [2.24, 2.45) is 0 Å². The molecule has 0 fully saturated rings. The van der Waals surface area contributed by atoms with Gasteiger partial charge in [0.25, 0.3) is 0 Å². The Morgan fingerprint density at radius 2 is 1.14 bits per heavy atom. The minimum atomic E-state index is -0.638. The Morgan fingerprint density at radius 1 is 0.682 bits per heavy atom. The number of aromatic nitrogens is 2.